The molecule has 2 aliphatic rings. The van der Waals surface area contributed by atoms with Gasteiger partial charge in [-0.1, -0.05) is 0 Å². The molecule has 2 saturated heterocycles. The lowest BCUT2D eigenvalue weighted by molar-refractivity contribution is -0.192. The fraction of sp³-hybridized carbons (Fsp3) is 0.733. The smallest absolute Gasteiger partial charge is 0.475 e. The number of methoxy groups -OCH3 is 1. The highest BCUT2D eigenvalue weighted by Crippen LogP contribution is 2.45. The minimum Gasteiger partial charge on any atom is -0.475 e. The maximum absolute atomic E-state index is 12.4. The lowest BCUT2D eigenvalue weighted by atomic mass is 9.83. The zero-order valence-corrected chi connectivity index (χ0v) is 15.8. The van der Waals surface area contributed by atoms with Gasteiger partial charge < -0.3 is 9.84 Å². The van der Waals surface area contributed by atoms with Crippen LogP contribution in [-0.2, 0) is 33.0 Å². The molecule has 0 radical (unpaired) electrons. The van der Waals surface area contributed by atoms with Crippen molar-refractivity contribution in [1.29, 1.82) is 0 Å². The third-order valence-corrected chi connectivity index (χ3v) is 7.46. The number of carboxylic acids is 1. The van der Waals surface area contributed by atoms with E-state index in [1.807, 2.05) is 19.4 Å². The second-order valence-electron chi connectivity index (χ2n) is 6.79. The van der Waals surface area contributed by atoms with Gasteiger partial charge in [-0.3, -0.25) is 9.58 Å². The van der Waals surface area contributed by atoms with E-state index in [2.05, 4.69) is 10.00 Å². The Hall–Kier alpha value is -1.66. The van der Waals surface area contributed by atoms with E-state index in [-0.39, 0.29) is 5.92 Å². The van der Waals surface area contributed by atoms with Crippen molar-refractivity contribution in [3.8, 4) is 0 Å². The summed E-state index contributed by atoms with van der Waals surface area (Å²) in [5.41, 5.74) is 1.13. The number of aliphatic carboxylic acids is 1. The first-order chi connectivity index (χ1) is 12.4. The van der Waals surface area contributed by atoms with Crippen LogP contribution in [0.4, 0.5) is 13.2 Å². The van der Waals surface area contributed by atoms with Crippen molar-refractivity contribution in [2.45, 2.75) is 23.9 Å². The average molecular weight is 413 g/mol. The minimum atomic E-state index is -5.08. The third-order valence-electron chi connectivity index (χ3n) is 4.86. The maximum atomic E-state index is 12.4. The molecule has 27 heavy (non-hydrogen) atoms. The van der Waals surface area contributed by atoms with E-state index in [4.69, 9.17) is 14.6 Å². The summed E-state index contributed by atoms with van der Waals surface area (Å²) in [6.45, 7) is 2.56. The number of rotatable bonds is 4. The fourth-order valence-corrected chi connectivity index (χ4v) is 6.00. The van der Waals surface area contributed by atoms with Crippen LogP contribution < -0.4 is 0 Å². The van der Waals surface area contributed by atoms with Crippen LogP contribution in [0, 0.1) is 5.92 Å². The minimum absolute atomic E-state index is 0.141. The molecule has 8 nitrogen and oxygen atoms in total. The summed E-state index contributed by atoms with van der Waals surface area (Å²) < 4.78 is 62.9. The number of hydrogen-bond acceptors (Lipinski definition) is 6. The topological polar surface area (TPSA) is 102 Å². The summed E-state index contributed by atoms with van der Waals surface area (Å²) >= 11 is 0. The van der Waals surface area contributed by atoms with Gasteiger partial charge in [0.1, 0.15) is 4.75 Å². The van der Waals surface area contributed by atoms with E-state index in [0.717, 1.165) is 18.5 Å². The molecular weight excluding hydrogens is 391 g/mol. The second-order valence-corrected chi connectivity index (χ2v) is 9.25. The Kier molecular flexibility index (Phi) is 6.22. The number of hydrogen-bond donors (Lipinski definition) is 1. The van der Waals surface area contributed by atoms with Crippen molar-refractivity contribution in [3.05, 3.63) is 18.0 Å². The first-order valence-electron chi connectivity index (χ1n) is 8.12. The molecule has 0 bridgehead atoms. The van der Waals surface area contributed by atoms with Crippen molar-refractivity contribution in [1.82, 2.24) is 14.7 Å². The Labute approximate surface area is 154 Å². The summed E-state index contributed by atoms with van der Waals surface area (Å²) in [7, 11) is 0.546. The van der Waals surface area contributed by atoms with Crippen molar-refractivity contribution in [2.75, 3.05) is 32.6 Å². The predicted octanol–water partition coefficient (Wildman–Crippen LogP) is 0.689. The van der Waals surface area contributed by atoms with Crippen LogP contribution in [0.25, 0.3) is 0 Å². The molecule has 0 amide bonds. The quantitative estimate of drug-likeness (QED) is 0.775. The van der Waals surface area contributed by atoms with Crippen LogP contribution >= 0.6 is 0 Å². The average Bonchev–Trinajstić information content (AvgIpc) is 3.02. The standard InChI is InChI=1S/C13H21N3O3S.C2HF3O2/c1-15-6-11(5-14-15)7-16-9-13(10-16)12(8-19-2)3-4-20(13,17)18;3-2(4,5)1(6)7/h5-6,12H,3-4,7-10H2,1-2H3;(H,6,7). The van der Waals surface area contributed by atoms with Crippen LogP contribution in [-0.4, -0.2) is 77.7 Å². The molecule has 0 saturated carbocycles. The first kappa shape index (κ1) is 21.6. The molecule has 154 valence electrons. The zero-order chi connectivity index (χ0) is 20.5. The van der Waals surface area contributed by atoms with E-state index in [0.29, 0.717) is 25.4 Å². The molecule has 1 aromatic heterocycles. The molecule has 1 atom stereocenters. The SMILES string of the molecule is COCC1CCS(=O)(=O)C12CN(Cc1cnn(C)c1)C2.O=C(O)C(F)(F)F. The Morgan fingerprint density at radius 1 is 1.44 bits per heavy atom. The lowest BCUT2D eigenvalue weighted by Crippen LogP contribution is -2.67. The molecule has 1 N–H and O–H groups in total. The second kappa shape index (κ2) is 7.76. The van der Waals surface area contributed by atoms with Crippen LogP contribution in [0.2, 0.25) is 0 Å². The number of ether oxygens (including phenoxy) is 1. The molecule has 2 aliphatic heterocycles. The van der Waals surface area contributed by atoms with E-state index in [1.54, 1.807) is 11.8 Å². The van der Waals surface area contributed by atoms with Crippen molar-refractivity contribution in [3.63, 3.8) is 0 Å². The van der Waals surface area contributed by atoms with E-state index in [1.165, 1.54) is 0 Å². The van der Waals surface area contributed by atoms with Gasteiger partial charge in [-0.15, -0.1) is 0 Å². The van der Waals surface area contributed by atoms with Gasteiger partial charge in [0.2, 0.25) is 0 Å². The van der Waals surface area contributed by atoms with Gasteiger partial charge in [-0.05, 0) is 6.42 Å². The van der Waals surface area contributed by atoms with Gasteiger partial charge in [-0.2, -0.15) is 18.3 Å². The lowest BCUT2D eigenvalue weighted by Gasteiger charge is -2.49. The van der Waals surface area contributed by atoms with E-state index >= 15 is 0 Å². The predicted molar refractivity (Wildman–Crippen MR) is 88.7 cm³/mol. The number of nitrogens with zero attached hydrogens (tertiary/aromatic N) is 3. The van der Waals surface area contributed by atoms with Crippen molar-refractivity contribution in [2.24, 2.45) is 13.0 Å². The fourth-order valence-electron chi connectivity index (χ4n) is 3.54. The highest BCUT2D eigenvalue weighted by molar-refractivity contribution is 7.93. The van der Waals surface area contributed by atoms with Gasteiger partial charge in [0.05, 0.1) is 18.6 Å². The monoisotopic (exact) mass is 413 g/mol. The van der Waals surface area contributed by atoms with Crippen LogP contribution in [0.1, 0.15) is 12.0 Å². The summed E-state index contributed by atoms with van der Waals surface area (Å²) in [6.07, 6.45) is -0.543. The number of carboxylic acid groups (broad SMARTS) is 1. The van der Waals surface area contributed by atoms with Crippen molar-refractivity contribution >= 4 is 15.8 Å². The highest BCUT2D eigenvalue weighted by Gasteiger charge is 2.61. The summed E-state index contributed by atoms with van der Waals surface area (Å²) in [5, 5.41) is 11.3. The molecule has 2 fully saturated rings. The maximum Gasteiger partial charge on any atom is 0.490 e. The largest absolute Gasteiger partial charge is 0.490 e. The van der Waals surface area contributed by atoms with Gasteiger partial charge in [0.15, 0.2) is 9.84 Å². The van der Waals surface area contributed by atoms with Gasteiger partial charge >= 0.3 is 12.1 Å². The number of sulfone groups is 1. The number of likely N-dealkylation sites (tertiary alicyclic amines) is 1. The Morgan fingerprint density at radius 2 is 2.04 bits per heavy atom. The Balaban J connectivity index is 0.000000321. The molecular formula is C15H22F3N3O5S. The normalized spacial score (nSPS) is 23.5. The molecule has 0 aliphatic carbocycles. The third kappa shape index (κ3) is 4.61. The molecule has 12 heteroatoms. The number of halogens is 3. The van der Waals surface area contributed by atoms with Crippen LogP contribution in [0.15, 0.2) is 12.4 Å². The number of alkyl halides is 3. The molecule has 0 aromatic carbocycles. The van der Waals surface area contributed by atoms with E-state index < -0.39 is 26.7 Å². The van der Waals surface area contributed by atoms with Gasteiger partial charge in [-0.25, -0.2) is 13.2 Å². The molecule has 1 unspecified atom stereocenters. The zero-order valence-electron chi connectivity index (χ0n) is 14.9. The van der Waals surface area contributed by atoms with Crippen molar-refractivity contribution < 1.29 is 36.2 Å². The number of carbonyl (C=O) groups is 1. The molecule has 3 rings (SSSR count). The van der Waals surface area contributed by atoms with Gasteiger partial charge in [0.25, 0.3) is 0 Å². The Morgan fingerprint density at radius 3 is 2.48 bits per heavy atom. The number of aromatic nitrogens is 2. The summed E-state index contributed by atoms with van der Waals surface area (Å²) in [4.78, 5) is 11.1. The summed E-state index contributed by atoms with van der Waals surface area (Å²) in [5.74, 6) is -2.31. The van der Waals surface area contributed by atoms with Gasteiger partial charge in [0, 0.05) is 51.5 Å². The molecule has 1 spiro atoms. The molecule has 1 aromatic rings. The highest BCUT2D eigenvalue weighted by atomic mass is 32.2. The van der Waals surface area contributed by atoms with Crippen LogP contribution in [0.3, 0.4) is 0 Å². The summed E-state index contributed by atoms with van der Waals surface area (Å²) in [6, 6.07) is 0. The number of aryl methyl sites for hydroxylation is 1. The first-order valence-corrected chi connectivity index (χ1v) is 9.78. The van der Waals surface area contributed by atoms with E-state index in [9.17, 15) is 21.6 Å². The van der Waals surface area contributed by atoms with Crippen LogP contribution in [0.5, 0.6) is 0 Å². The molecule has 3 heterocycles. The Bertz CT molecular complexity index is 772.